The second-order valence-electron chi connectivity index (χ2n) is 5.28. The molecular formula is C15H15ClF3N3O2. The van der Waals surface area contributed by atoms with Gasteiger partial charge in [-0.1, -0.05) is 11.6 Å². The predicted molar refractivity (Wildman–Crippen MR) is 84.2 cm³/mol. The second-order valence-corrected chi connectivity index (χ2v) is 5.71. The minimum absolute atomic E-state index is 0.0653. The van der Waals surface area contributed by atoms with Crippen molar-refractivity contribution in [2.45, 2.75) is 33.0 Å². The molecule has 0 aliphatic carbocycles. The number of nitrogens with zero attached hydrogens (tertiary/aromatic N) is 1. The lowest BCUT2D eigenvalue weighted by atomic mass is 10.1. The Morgan fingerprint density at radius 1 is 1.33 bits per heavy atom. The third-order valence-corrected chi connectivity index (χ3v) is 3.85. The summed E-state index contributed by atoms with van der Waals surface area (Å²) in [6.45, 7) is 3.50. The number of amides is 1. The second kappa shape index (κ2) is 6.72. The van der Waals surface area contributed by atoms with Crippen molar-refractivity contribution in [2.75, 3.05) is 5.32 Å². The molecule has 130 valence electrons. The Morgan fingerprint density at radius 3 is 2.54 bits per heavy atom. The SMILES string of the molecule is Cc1[nH]c(=O)n(CCC(=O)Nc2ccc(Cl)cc2C(F)(F)F)c1C. The molecule has 0 atom stereocenters. The van der Waals surface area contributed by atoms with Gasteiger partial charge in [0.1, 0.15) is 0 Å². The van der Waals surface area contributed by atoms with Crippen molar-refractivity contribution in [3.05, 3.63) is 50.7 Å². The number of aryl methyl sites for hydroxylation is 1. The predicted octanol–water partition coefficient (Wildman–Crippen LogP) is 3.49. The topological polar surface area (TPSA) is 66.9 Å². The molecule has 1 amide bonds. The number of nitrogens with one attached hydrogen (secondary N) is 2. The molecule has 0 aliphatic rings. The van der Waals surface area contributed by atoms with Gasteiger partial charge in [-0.05, 0) is 32.0 Å². The summed E-state index contributed by atoms with van der Waals surface area (Å²) in [5.74, 6) is -0.632. The van der Waals surface area contributed by atoms with Crippen molar-refractivity contribution < 1.29 is 18.0 Å². The number of hydrogen-bond donors (Lipinski definition) is 2. The van der Waals surface area contributed by atoms with Crippen molar-refractivity contribution in [1.29, 1.82) is 0 Å². The molecule has 0 unspecified atom stereocenters. The normalized spacial score (nSPS) is 11.6. The van der Waals surface area contributed by atoms with E-state index in [9.17, 15) is 22.8 Å². The lowest BCUT2D eigenvalue weighted by Crippen LogP contribution is -2.23. The van der Waals surface area contributed by atoms with Crippen LogP contribution in [0.15, 0.2) is 23.0 Å². The summed E-state index contributed by atoms with van der Waals surface area (Å²) in [6.07, 6.45) is -4.78. The number of imidazole rings is 1. The summed E-state index contributed by atoms with van der Waals surface area (Å²) in [4.78, 5) is 26.2. The smallest absolute Gasteiger partial charge is 0.325 e. The standard InChI is InChI=1S/C15H15ClF3N3O2/c1-8-9(2)22(14(24)20-8)6-5-13(23)21-12-4-3-10(16)7-11(12)15(17,18)19/h3-4,7H,5-6H2,1-2H3,(H,20,24)(H,21,23). The zero-order chi connectivity index (χ0) is 18.1. The molecule has 2 aromatic rings. The Balaban J connectivity index is 2.12. The summed E-state index contributed by atoms with van der Waals surface area (Å²) < 4.78 is 40.3. The molecule has 0 aliphatic heterocycles. The number of benzene rings is 1. The first-order valence-corrected chi connectivity index (χ1v) is 7.40. The minimum Gasteiger partial charge on any atom is -0.325 e. The number of carbonyl (C=O) groups is 1. The number of aromatic amines is 1. The van der Waals surface area contributed by atoms with Crippen LogP contribution in [-0.2, 0) is 17.5 Å². The van der Waals surface area contributed by atoms with E-state index in [1.54, 1.807) is 13.8 Å². The Kier molecular flexibility index (Phi) is 5.08. The summed E-state index contributed by atoms with van der Waals surface area (Å²) in [5.41, 5.74) is -0.395. The fourth-order valence-corrected chi connectivity index (χ4v) is 2.40. The first-order chi connectivity index (χ1) is 11.1. The Hall–Kier alpha value is -2.22. The molecule has 0 bridgehead atoms. The van der Waals surface area contributed by atoms with Crippen molar-refractivity contribution in [1.82, 2.24) is 9.55 Å². The maximum atomic E-state index is 13.0. The zero-order valence-corrected chi connectivity index (χ0v) is 13.7. The Labute approximate surface area is 140 Å². The molecule has 5 nitrogen and oxygen atoms in total. The lowest BCUT2D eigenvalue weighted by Gasteiger charge is -2.14. The molecule has 1 aromatic carbocycles. The van der Waals surface area contributed by atoms with Gasteiger partial charge >= 0.3 is 11.9 Å². The number of halogens is 4. The fourth-order valence-electron chi connectivity index (χ4n) is 2.23. The summed E-state index contributed by atoms with van der Waals surface area (Å²) >= 11 is 5.58. The van der Waals surface area contributed by atoms with Crippen LogP contribution >= 0.6 is 11.6 Å². The molecule has 9 heteroatoms. The van der Waals surface area contributed by atoms with Gasteiger partial charge in [0.2, 0.25) is 5.91 Å². The summed E-state index contributed by atoms with van der Waals surface area (Å²) in [6, 6.07) is 3.11. The molecule has 2 rings (SSSR count). The van der Waals surface area contributed by atoms with Crippen molar-refractivity contribution in [3.63, 3.8) is 0 Å². The number of carbonyl (C=O) groups excluding carboxylic acids is 1. The summed E-state index contributed by atoms with van der Waals surface area (Å²) in [7, 11) is 0. The number of anilines is 1. The molecule has 0 spiro atoms. The van der Waals surface area contributed by atoms with Gasteiger partial charge in [0.05, 0.1) is 11.3 Å². The minimum atomic E-state index is -4.64. The molecule has 1 aromatic heterocycles. The van der Waals surface area contributed by atoms with Crippen LogP contribution in [0.1, 0.15) is 23.4 Å². The van der Waals surface area contributed by atoms with Crippen LogP contribution in [0.3, 0.4) is 0 Å². The van der Waals surface area contributed by atoms with E-state index in [1.165, 1.54) is 10.6 Å². The van der Waals surface area contributed by atoms with Gasteiger partial charge in [-0.15, -0.1) is 0 Å². The highest BCUT2D eigenvalue weighted by molar-refractivity contribution is 6.30. The van der Waals surface area contributed by atoms with E-state index in [2.05, 4.69) is 10.3 Å². The van der Waals surface area contributed by atoms with Gasteiger partial charge in [0.25, 0.3) is 0 Å². The van der Waals surface area contributed by atoms with Crippen LogP contribution in [0.2, 0.25) is 5.02 Å². The summed E-state index contributed by atoms with van der Waals surface area (Å²) in [5, 5.41) is 2.14. The number of alkyl halides is 3. The maximum absolute atomic E-state index is 13.0. The quantitative estimate of drug-likeness (QED) is 0.875. The van der Waals surface area contributed by atoms with E-state index in [-0.39, 0.29) is 29.4 Å². The largest absolute Gasteiger partial charge is 0.418 e. The monoisotopic (exact) mass is 361 g/mol. The third-order valence-electron chi connectivity index (χ3n) is 3.61. The molecule has 0 saturated heterocycles. The number of hydrogen-bond acceptors (Lipinski definition) is 2. The van der Waals surface area contributed by atoms with Crippen molar-refractivity contribution >= 4 is 23.2 Å². The van der Waals surface area contributed by atoms with Gasteiger partial charge in [-0.25, -0.2) is 4.79 Å². The average Bonchev–Trinajstić information content (AvgIpc) is 2.71. The molecule has 0 radical (unpaired) electrons. The molecule has 0 saturated carbocycles. The average molecular weight is 362 g/mol. The van der Waals surface area contributed by atoms with Crippen molar-refractivity contribution in [2.24, 2.45) is 0 Å². The van der Waals surface area contributed by atoms with Crippen LogP contribution < -0.4 is 11.0 Å². The molecule has 1 heterocycles. The van der Waals surface area contributed by atoms with E-state index < -0.39 is 17.6 Å². The van der Waals surface area contributed by atoms with E-state index in [0.717, 1.165) is 12.1 Å². The highest BCUT2D eigenvalue weighted by Crippen LogP contribution is 2.36. The van der Waals surface area contributed by atoms with E-state index in [1.807, 2.05) is 0 Å². The van der Waals surface area contributed by atoms with E-state index in [0.29, 0.717) is 11.4 Å². The molecule has 0 fully saturated rings. The highest BCUT2D eigenvalue weighted by atomic mass is 35.5. The highest BCUT2D eigenvalue weighted by Gasteiger charge is 2.34. The van der Waals surface area contributed by atoms with Gasteiger partial charge in [0, 0.05) is 29.4 Å². The van der Waals surface area contributed by atoms with Gasteiger partial charge < -0.3 is 10.3 Å². The number of rotatable bonds is 4. The maximum Gasteiger partial charge on any atom is 0.418 e. The molecule has 2 N–H and O–H groups in total. The van der Waals surface area contributed by atoms with Crippen LogP contribution in [0.25, 0.3) is 0 Å². The van der Waals surface area contributed by atoms with Gasteiger partial charge in [-0.2, -0.15) is 13.2 Å². The van der Waals surface area contributed by atoms with Crippen LogP contribution in [0.4, 0.5) is 18.9 Å². The van der Waals surface area contributed by atoms with Crippen LogP contribution in [0, 0.1) is 13.8 Å². The zero-order valence-electron chi connectivity index (χ0n) is 12.9. The molecular weight excluding hydrogens is 347 g/mol. The fraction of sp³-hybridized carbons (Fsp3) is 0.333. The first-order valence-electron chi connectivity index (χ1n) is 7.02. The first kappa shape index (κ1) is 18.1. The lowest BCUT2D eigenvalue weighted by molar-refractivity contribution is -0.137. The third kappa shape index (κ3) is 4.00. The van der Waals surface area contributed by atoms with Crippen molar-refractivity contribution in [3.8, 4) is 0 Å². The van der Waals surface area contributed by atoms with Gasteiger partial charge in [-0.3, -0.25) is 9.36 Å². The molecule has 24 heavy (non-hydrogen) atoms. The number of H-pyrrole nitrogens is 1. The number of aromatic nitrogens is 2. The Morgan fingerprint density at radius 2 is 2.00 bits per heavy atom. The van der Waals surface area contributed by atoms with Crippen LogP contribution in [-0.4, -0.2) is 15.5 Å². The van der Waals surface area contributed by atoms with E-state index in [4.69, 9.17) is 11.6 Å². The van der Waals surface area contributed by atoms with Crippen LogP contribution in [0.5, 0.6) is 0 Å². The van der Waals surface area contributed by atoms with Gasteiger partial charge in [0.15, 0.2) is 0 Å². The van der Waals surface area contributed by atoms with E-state index >= 15 is 0 Å². The Bertz CT molecular complexity index is 824.